The van der Waals surface area contributed by atoms with Crippen LogP contribution in [0.2, 0.25) is 0 Å². The second-order valence-electron chi connectivity index (χ2n) is 6.08. The molecule has 0 spiro atoms. The number of rotatable bonds is 3. The maximum Gasteiger partial charge on any atom is 0.0488 e. The van der Waals surface area contributed by atoms with Crippen LogP contribution in [-0.4, -0.2) is 0 Å². The summed E-state index contributed by atoms with van der Waals surface area (Å²) in [5.74, 6) is 0. The van der Waals surface area contributed by atoms with Crippen molar-refractivity contribution in [2.75, 3.05) is 5.32 Å². The number of halogens is 1. The highest BCUT2D eigenvalue weighted by Crippen LogP contribution is 2.29. The van der Waals surface area contributed by atoms with Gasteiger partial charge in [0, 0.05) is 16.2 Å². The van der Waals surface area contributed by atoms with E-state index < -0.39 is 0 Å². The molecule has 21 heavy (non-hydrogen) atoms. The van der Waals surface area contributed by atoms with Crippen molar-refractivity contribution < 1.29 is 0 Å². The Morgan fingerprint density at radius 1 is 0.762 bits per heavy atom. The summed E-state index contributed by atoms with van der Waals surface area (Å²) >= 11 is 3.63. The van der Waals surface area contributed by atoms with E-state index in [1.165, 1.54) is 43.5 Å². The Morgan fingerprint density at radius 2 is 1.29 bits per heavy atom. The van der Waals surface area contributed by atoms with Gasteiger partial charge in [-0.3, -0.25) is 0 Å². The predicted molar refractivity (Wildman–Crippen MR) is 96.3 cm³/mol. The van der Waals surface area contributed by atoms with Gasteiger partial charge in [-0.05, 0) is 87.1 Å². The fraction of sp³-hybridized carbons (Fsp3) is 0.368. The lowest BCUT2D eigenvalue weighted by Gasteiger charge is -2.20. The van der Waals surface area contributed by atoms with Crippen molar-refractivity contribution >= 4 is 21.6 Å². The minimum atomic E-state index is 0.296. The lowest BCUT2D eigenvalue weighted by atomic mass is 9.96. The average molecular weight is 346 g/mol. The molecule has 1 N–H and O–H groups in total. The molecule has 2 rings (SSSR count). The molecule has 1 atom stereocenters. The third-order valence-electron chi connectivity index (χ3n) is 4.17. The van der Waals surface area contributed by atoms with Crippen LogP contribution in [-0.2, 0) is 0 Å². The Balaban J connectivity index is 2.30. The molecular weight excluding hydrogens is 322 g/mol. The van der Waals surface area contributed by atoms with E-state index >= 15 is 0 Å². The van der Waals surface area contributed by atoms with Crippen LogP contribution in [0.3, 0.4) is 0 Å². The van der Waals surface area contributed by atoms with Crippen LogP contribution in [0.4, 0.5) is 5.69 Å². The van der Waals surface area contributed by atoms with E-state index in [4.69, 9.17) is 0 Å². The summed E-state index contributed by atoms with van der Waals surface area (Å²) in [7, 11) is 0. The van der Waals surface area contributed by atoms with Crippen LogP contribution < -0.4 is 5.32 Å². The number of aryl methyl sites for hydroxylation is 5. The Bertz CT molecular complexity index is 651. The fourth-order valence-electron chi connectivity index (χ4n) is 2.81. The molecule has 2 heteroatoms. The number of nitrogens with one attached hydrogen (secondary N) is 1. The van der Waals surface area contributed by atoms with Crippen LogP contribution in [0.5, 0.6) is 0 Å². The Labute approximate surface area is 136 Å². The predicted octanol–water partition coefficient (Wildman–Crippen LogP) is 6.16. The molecule has 0 aliphatic rings. The summed E-state index contributed by atoms with van der Waals surface area (Å²) in [5.41, 5.74) is 9.15. The maximum atomic E-state index is 3.63. The molecular formula is C19H24BrN. The van der Waals surface area contributed by atoms with E-state index in [9.17, 15) is 0 Å². The molecule has 0 radical (unpaired) electrons. The molecule has 1 nitrogen and oxygen atoms in total. The first-order chi connectivity index (χ1) is 9.79. The van der Waals surface area contributed by atoms with Crippen LogP contribution in [0.15, 0.2) is 28.7 Å². The quantitative estimate of drug-likeness (QED) is 0.701. The minimum absolute atomic E-state index is 0.296. The summed E-state index contributed by atoms with van der Waals surface area (Å²) in [6.07, 6.45) is 0. The van der Waals surface area contributed by atoms with E-state index in [2.05, 4.69) is 87.1 Å². The summed E-state index contributed by atoms with van der Waals surface area (Å²) < 4.78 is 1.20. The van der Waals surface area contributed by atoms with E-state index in [0.29, 0.717) is 6.04 Å². The Hall–Kier alpha value is -1.28. The number of hydrogen-bond acceptors (Lipinski definition) is 1. The van der Waals surface area contributed by atoms with Crippen LogP contribution >= 0.6 is 15.9 Å². The molecule has 1 unspecified atom stereocenters. The van der Waals surface area contributed by atoms with Gasteiger partial charge in [0.15, 0.2) is 0 Å². The van der Waals surface area contributed by atoms with Crippen molar-refractivity contribution in [2.24, 2.45) is 0 Å². The third kappa shape index (κ3) is 3.49. The summed E-state index contributed by atoms with van der Waals surface area (Å²) in [6.45, 7) is 13.0. The van der Waals surface area contributed by atoms with Crippen molar-refractivity contribution in [1.29, 1.82) is 0 Å². The van der Waals surface area contributed by atoms with Gasteiger partial charge in [-0.1, -0.05) is 28.1 Å². The molecule has 0 fully saturated rings. The topological polar surface area (TPSA) is 12.0 Å². The van der Waals surface area contributed by atoms with E-state index in [1.54, 1.807) is 0 Å². The molecule has 0 aliphatic heterocycles. The maximum absolute atomic E-state index is 3.63. The van der Waals surface area contributed by atoms with Gasteiger partial charge in [-0.2, -0.15) is 0 Å². The molecule has 0 saturated heterocycles. The van der Waals surface area contributed by atoms with Gasteiger partial charge in [0.1, 0.15) is 0 Å². The fourth-order valence-corrected chi connectivity index (χ4v) is 3.04. The smallest absolute Gasteiger partial charge is 0.0488 e. The molecule has 0 bridgehead atoms. The van der Waals surface area contributed by atoms with Crippen molar-refractivity contribution in [1.82, 2.24) is 0 Å². The zero-order chi connectivity index (χ0) is 15.7. The van der Waals surface area contributed by atoms with Crippen LogP contribution in [0.25, 0.3) is 0 Å². The largest absolute Gasteiger partial charge is 0.378 e. The summed E-state index contributed by atoms with van der Waals surface area (Å²) in [6, 6.07) is 9.28. The highest BCUT2D eigenvalue weighted by Gasteiger charge is 2.11. The summed E-state index contributed by atoms with van der Waals surface area (Å²) in [5, 5.41) is 3.63. The number of benzene rings is 2. The van der Waals surface area contributed by atoms with E-state index in [0.717, 1.165) is 0 Å². The summed E-state index contributed by atoms with van der Waals surface area (Å²) in [4.78, 5) is 0. The van der Waals surface area contributed by atoms with Gasteiger partial charge in [0.05, 0.1) is 0 Å². The molecule has 2 aromatic carbocycles. The van der Waals surface area contributed by atoms with Crippen molar-refractivity contribution in [3.8, 4) is 0 Å². The first-order valence-electron chi connectivity index (χ1n) is 7.40. The minimum Gasteiger partial charge on any atom is -0.378 e. The van der Waals surface area contributed by atoms with Gasteiger partial charge in [-0.25, -0.2) is 0 Å². The highest BCUT2D eigenvalue weighted by atomic mass is 79.9. The average Bonchev–Trinajstić information content (AvgIpc) is 2.40. The normalized spacial score (nSPS) is 12.3. The molecule has 0 heterocycles. The van der Waals surface area contributed by atoms with Gasteiger partial charge in [-0.15, -0.1) is 0 Å². The SMILES string of the molecule is Cc1cc(C)c(C(C)Nc2cc(C)c(Br)c(C)c2)cc1C. The third-order valence-corrected chi connectivity index (χ3v) is 5.42. The van der Waals surface area contributed by atoms with E-state index in [1.807, 2.05) is 0 Å². The zero-order valence-corrected chi connectivity index (χ0v) is 15.4. The van der Waals surface area contributed by atoms with Crippen LogP contribution in [0.1, 0.15) is 46.3 Å². The number of anilines is 1. The molecule has 2 aromatic rings. The number of hydrogen-bond donors (Lipinski definition) is 1. The molecule has 0 aliphatic carbocycles. The first-order valence-corrected chi connectivity index (χ1v) is 8.20. The van der Waals surface area contributed by atoms with Crippen molar-refractivity contribution in [3.63, 3.8) is 0 Å². The second-order valence-corrected chi connectivity index (χ2v) is 6.88. The lowest BCUT2D eigenvalue weighted by Crippen LogP contribution is -2.09. The van der Waals surface area contributed by atoms with Gasteiger partial charge in [0.25, 0.3) is 0 Å². The molecule has 0 amide bonds. The Kier molecular flexibility index (Phi) is 4.77. The van der Waals surface area contributed by atoms with Crippen molar-refractivity contribution in [3.05, 3.63) is 62.1 Å². The van der Waals surface area contributed by atoms with Gasteiger partial charge in [0.2, 0.25) is 0 Å². The highest BCUT2D eigenvalue weighted by molar-refractivity contribution is 9.10. The first kappa shape index (κ1) is 16.1. The standard InChI is InChI=1S/C19H24BrN/c1-11-7-13(3)18(10-12(11)2)16(6)21-17-8-14(4)19(20)15(5)9-17/h7-10,16,21H,1-6H3. The monoisotopic (exact) mass is 345 g/mol. The zero-order valence-electron chi connectivity index (χ0n) is 13.8. The molecule has 0 aromatic heterocycles. The molecule has 112 valence electrons. The van der Waals surface area contributed by atoms with Gasteiger partial charge >= 0.3 is 0 Å². The van der Waals surface area contributed by atoms with Crippen molar-refractivity contribution in [2.45, 2.75) is 47.6 Å². The van der Waals surface area contributed by atoms with E-state index in [-0.39, 0.29) is 0 Å². The lowest BCUT2D eigenvalue weighted by molar-refractivity contribution is 0.870. The van der Waals surface area contributed by atoms with Crippen LogP contribution in [0, 0.1) is 34.6 Å². The van der Waals surface area contributed by atoms with Gasteiger partial charge < -0.3 is 5.32 Å². The Morgan fingerprint density at radius 3 is 1.86 bits per heavy atom. The molecule has 0 saturated carbocycles. The second kappa shape index (κ2) is 6.23.